The van der Waals surface area contributed by atoms with Crippen molar-refractivity contribution in [3.8, 4) is 0 Å². The quantitative estimate of drug-likeness (QED) is 0.252. The van der Waals surface area contributed by atoms with Gasteiger partial charge in [0, 0.05) is 0 Å². The second kappa shape index (κ2) is 8.83. The number of esters is 1. The van der Waals surface area contributed by atoms with Crippen molar-refractivity contribution < 1.29 is 14.0 Å². The van der Waals surface area contributed by atoms with Crippen molar-refractivity contribution in [3.05, 3.63) is 59.2 Å². The lowest BCUT2D eigenvalue weighted by atomic mass is 10.1. The van der Waals surface area contributed by atoms with Crippen LogP contribution in [0, 0.1) is 0 Å². The Morgan fingerprint density at radius 1 is 1.28 bits per heavy atom. The van der Waals surface area contributed by atoms with Crippen LogP contribution in [0.5, 0.6) is 0 Å². The average molecular weight is 381 g/mol. The minimum Gasteiger partial charge on any atom is -0.462 e. The minimum absolute atomic E-state index is 0.0371. The molecule has 138 valence electrons. The molecule has 1 unspecified atom stereocenters. The van der Waals surface area contributed by atoms with Crippen LogP contribution in [0.15, 0.2) is 53.6 Å². The molecule has 5 heteroatoms. The second-order valence-electron chi connectivity index (χ2n) is 7.44. The predicted octanol–water partition coefficient (Wildman–Crippen LogP) is 5.99. The van der Waals surface area contributed by atoms with Crippen LogP contribution in [0.4, 0.5) is 0 Å². The number of benzene rings is 1. The van der Waals surface area contributed by atoms with Crippen molar-refractivity contribution in [2.45, 2.75) is 51.9 Å². The minimum atomic E-state index is -2.08. The molecule has 1 aromatic rings. The summed E-state index contributed by atoms with van der Waals surface area (Å²) < 4.78 is 11.5. The van der Waals surface area contributed by atoms with Gasteiger partial charge in [0.25, 0.3) is 0 Å². The van der Waals surface area contributed by atoms with E-state index < -0.39 is 20.4 Å². The summed E-state index contributed by atoms with van der Waals surface area (Å²) in [5.41, 5.74) is 1.16. The maximum Gasteiger partial charge on any atom is 0.337 e. The van der Waals surface area contributed by atoms with E-state index in [1.165, 1.54) is 0 Å². The summed E-state index contributed by atoms with van der Waals surface area (Å²) in [6.07, 6.45) is 1.11. The van der Waals surface area contributed by atoms with E-state index >= 15 is 0 Å². The molecule has 0 radical (unpaired) electrons. The molecule has 0 N–H and O–H groups in total. The summed E-state index contributed by atoms with van der Waals surface area (Å²) in [4.78, 5) is 11.8. The van der Waals surface area contributed by atoms with Crippen molar-refractivity contribution in [1.29, 1.82) is 0 Å². The Balaban J connectivity index is 3.20. The number of halogens is 1. The molecule has 0 saturated carbocycles. The molecule has 0 spiro atoms. The van der Waals surface area contributed by atoms with E-state index in [4.69, 9.17) is 20.8 Å². The van der Waals surface area contributed by atoms with Crippen molar-refractivity contribution in [3.63, 3.8) is 0 Å². The van der Waals surface area contributed by atoms with Crippen LogP contribution < -0.4 is 0 Å². The van der Waals surface area contributed by atoms with Crippen LogP contribution in [0.2, 0.25) is 18.1 Å². The third-order valence-corrected chi connectivity index (χ3v) is 9.17. The predicted molar refractivity (Wildman–Crippen MR) is 107 cm³/mol. The molecule has 1 rings (SSSR count). The first-order valence-electron chi connectivity index (χ1n) is 8.45. The number of carbonyl (C=O) groups is 1. The Bertz CT molecular complexity index is 630. The van der Waals surface area contributed by atoms with Crippen molar-refractivity contribution in [1.82, 2.24) is 0 Å². The Hall–Kier alpha value is -1.36. The Morgan fingerprint density at radius 2 is 1.84 bits per heavy atom. The third kappa shape index (κ3) is 6.14. The van der Waals surface area contributed by atoms with E-state index in [0.717, 1.165) is 5.56 Å². The Morgan fingerprint density at radius 3 is 2.32 bits per heavy atom. The summed E-state index contributed by atoms with van der Waals surface area (Å²) in [6, 6.07) is 9.79. The van der Waals surface area contributed by atoms with Crippen molar-refractivity contribution in [2.24, 2.45) is 0 Å². The summed E-state index contributed by atoms with van der Waals surface area (Å²) in [6.45, 7) is 16.7. The van der Waals surface area contributed by atoms with Gasteiger partial charge in [-0.2, -0.15) is 0 Å². The van der Waals surface area contributed by atoms with Crippen molar-refractivity contribution in [2.75, 3.05) is 6.61 Å². The molecular weight excluding hydrogens is 352 g/mol. The van der Waals surface area contributed by atoms with Gasteiger partial charge in [0.05, 0.1) is 17.2 Å². The van der Waals surface area contributed by atoms with Crippen LogP contribution in [0.3, 0.4) is 0 Å². The number of ether oxygens (including phenoxy) is 1. The summed E-state index contributed by atoms with van der Waals surface area (Å²) >= 11 is 6.57. The van der Waals surface area contributed by atoms with Crippen molar-refractivity contribution >= 4 is 25.9 Å². The third-order valence-electron chi connectivity index (χ3n) is 4.42. The second-order valence-corrected chi connectivity index (χ2v) is 12.6. The van der Waals surface area contributed by atoms with Gasteiger partial charge in [-0.15, -0.1) is 0 Å². The lowest BCUT2D eigenvalue weighted by Gasteiger charge is -2.39. The fraction of sp³-hybridized carbons (Fsp3) is 0.450. The zero-order valence-corrected chi connectivity index (χ0v) is 17.8. The average Bonchev–Trinajstić information content (AvgIpc) is 2.52. The van der Waals surface area contributed by atoms with E-state index in [9.17, 15) is 4.79 Å². The first-order valence-corrected chi connectivity index (χ1v) is 11.7. The van der Waals surface area contributed by atoms with Crippen LogP contribution >= 0.6 is 11.6 Å². The Kier molecular flexibility index (Phi) is 7.66. The van der Waals surface area contributed by atoms with Gasteiger partial charge in [-0.25, -0.2) is 4.79 Å². The van der Waals surface area contributed by atoms with Gasteiger partial charge in [0.1, 0.15) is 6.10 Å². The van der Waals surface area contributed by atoms with Gasteiger partial charge in [-0.1, -0.05) is 69.3 Å². The van der Waals surface area contributed by atoms with Gasteiger partial charge in [-0.3, -0.25) is 0 Å². The first-order chi connectivity index (χ1) is 11.5. The first kappa shape index (κ1) is 21.7. The monoisotopic (exact) mass is 380 g/mol. The Labute approximate surface area is 157 Å². The zero-order chi connectivity index (χ0) is 19.3. The maximum atomic E-state index is 11.8. The topological polar surface area (TPSA) is 35.5 Å². The van der Waals surface area contributed by atoms with E-state index in [2.05, 4.69) is 40.4 Å². The number of hydrogen-bond donors (Lipinski definition) is 0. The van der Waals surface area contributed by atoms with E-state index in [1.807, 2.05) is 30.3 Å². The molecule has 0 aliphatic rings. The molecule has 1 atom stereocenters. The lowest BCUT2D eigenvalue weighted by molar-refractivity contribution is -0.138. The van der Waals surface area contributed by atoms with E-state index in [1.54, 1.807) is 13.0 Å². The highest BCUT2D eigenvalue weighted by atomic mass is 35.5. The fourth-order valence-corrected chi connectivity index (χ4v) is 3.49. The molecule has 0 bridgehead atoms. The molecule has 3 nitrogen and oxygen atoms in total. The number of rotatable bonds is 7. The molecule has 0 heterocycles. The summed E-state index contributed by atoms with van der Waals surface area (Å²) in [5.74, 6) is -0.472. The van der Waals surface area contributed by atoms with Gasteiger partial charge in [0.15, 0.2) is 8.32 Å². The zero-order valence-electron chi connectivity index (χ0n) is 16.1. The molecule has 0 amide bonds. The molecule has 25 heavy (non-hydrogen) atoms. The smallest absolute Gasteiger partial charge is 0.337 e. The SMILES string of the molecule is C=C(/C=C(\Cl)C(O[Si](C)(C)C(C)(C)C)c1ccccc1)C(=O)OCC. The standard InChI is InChI=1S/C20H29ClO3Si/c1-8-23-19(22)15(2)14-17(21)18(16-12-10-9-11-13-16)24-25(6,7)20(3,4)5/h9-14,18H,2,8H2,1,3-7H3/b17-14-. The highest BCUT2D eigenvalue weighted by Crippen LogP contribution is 2.42. The van der Waals surface area contributed by atoms with Crippen LogP contribution in [0.25, 0.3) is 0 Å². The summed E-state index contributed by atoms with van der Waals surface area (Å²) in [7, 11) is -2.08. The molecule has 0 aliphatic carbocycles. The van der Waals surface area contributed by atoms with Crippen LogP contribution in [-0.4, -0.2) is 20.9 Å². The number of hydrogen-bond acceptors (Lipinski definition) is 3. The maximum absolute atomic E-state index is 11.8. The van der Waals surface area contributed by atoms with Gasteiger partial charge in [0.2, 0.25) is 0 Å². The number of carbonyl (C=O) groups excluding carboxylic acids is 1. The summed E-state index contributed by atoms with van der Waals surface area (Å²) in [5, 5.41) is 0.462. The van der Waals surface area contributed by atoms with Crippen LogP contribution in [0.1, 0.15) is 39.4 Å². The molecule has 0 saturated heterocycles. The molecular formula is C20H29ClO3Si. The van der Waals surface area contributed by atoms with E-state index in [0.29, 0.717) is 11.6 Å². The highest BCUT2D eigenvalue weighted by molar-refractivity contribution is 6.74. The molecule has 0 aromatic heterocycles. The normalized spacial score (nSPS) is 14.1. The highest BCUT2D eigenvalue weighted by Gasteiger charge is 2.40. The van der Waals surface area contributed by atoms with Gasteiger partial charge in [-0.05, 0) is 36.7 Å². The molecule has 0 fully saturated rings. The van der Waals surface area contributed by atoms with Gasteiger partial charge < -0.3 is 9.16 Å². The largest absolute Gasteiger partial charge is 0.462 e. The van der Waals surface area contributed by atoms with E-state index in [-0.39, 0.29) is 10.6 Å². The lowest BCUT2D eigenvalue weighted by Crippen LogP contribution is -2.42. The fourth-order valence-electron chi connectivity index (χ4n) is 1.91. The molecule has 0 aliphatic heterocycles. The molecule has 1 aromatic carbocycles. The van der Waals surface area contributed by atoms with Gasteiger partial charge >= 0.3 is 5.97 Å². The van der Waals surface area contributed by atoms with Crippen LogP contribution in [-0.2, 0) is 14.0 Å².